The topological polar surface area (TPSA) is 101 Å². The Morgan fingerprint density at radius 3 is 2.76 bits per heavy atom. The third kappa shape index (κ3) is 3.73. The molecule has 0 unspecified atom stereocenters. The predicted octanol–water partition coefficient (Wildman–Crippen LogP) is 1.28. The zero-order chi connectivity index (χ0) is 15.5. The van der Waals surface area contributed by atoms with Crippen molar-refractivity contribution in [2.45, 2.75) is 11.4 Å². The number of rotatable bonds is 5. The van der Waals surface area contributed by atoms with E-state index in [1.807, 2.05) is 0 Å². The first-order chi connectivity index (χ1) is 9.91. The van der Waals surface area contributed by atoms with E-state index in [9.17, 15) is 13.2 Å². The molecule has 1 aromatic heterocycles. The molecule has 9 heteroatoms. The molecular formula is C12H12ClN3O4S. The van der Waals surface area contributed by atoms with Gasteiger partial charge in [-0.25, -0.2) is 8.42 Å². The SMILES string of the molecule is COc1ccc(CNC(=O)c2ccn[nH]2)cc1S(=O)(=O)Cl. The van der Waals surface area contributed by atoms with E-state index >= 15 is 0 Å². The van der Waals surface area contributed by atoms with Crippen LogP contribution >= 0.6 is 10.7 Å². The summed E-state index contributed by atoms with van der Waals surface area (Å²) in [7, 11) is 2.77. The molecule has 0 bridgehead atoms. The second-order valence-electron chi connectivity index (χ2n) is 4.08. The summed E-state index contributed by atoms with van der Waals surface area (Å²) in [6, 6.07) is 6.00. The van der Waals surface area contributed by atoms with Crippen LogP contribution in [0.1, 0.15) is 16.1 Å². The lowest BCUT2D eigenvalue weighted by Gasteiger charge is -2.09. The van der Waals surface area contributed by atoms with Gasteiger partial charge in [-0.05, 0) is 23.8 Å². The number of nitrogens with zero attached hydrogens (tertiary/aromatic N) is 1. The largest absolute Gasteiger partial charge is 0.495 e. The Kier molecular flexibility index (Phi) is 4.49. The summed E-state index contributed by atoms with van der Waals surface area (Å²) in [6.07, 6.45) is 1.46. The van der Waals surface area contributed by atoms with E-state index in [-0.39, 0.29) is 23.1 Å². The molecule has 0 aliphatic rings. The fourth-order valence-electron chi connectivity index (χ4n) is 1.68. The van der Waals surface area contributed by atoms with E-state index in [0.717, 1.165) is 0 Å². The lowest BCUT2D eigenvalue weighted by atomic mass is 10.2. The zero-order valence-electron chi connectivity index (χ0n) is 11.0. The van der Waals surface area contributed by atoms with E-state index in [1.54, 1.807) is 6.07 Å². The van der Waals surface area contributed by atoms with Gasteiger partial charge in [0.1, 0.15) is 16.3 Å². The van der Waals surface area contributed by atoms with Gasteiger partial charge in [-0.15, -0.1) is 0 Å². The third-order valence-corrected chi connectivity index (χ3v) is 4.03. The van der Waals surface area contributed by atoms with E-state index in [0.29, 0.717) is 11.3 Å². The van der Waals surface area contributed by atoms with Crippen molar-refractivity contribution in [1.29, 1.82) is 0 Å². The van der Waals surface area contributed by atoms with Crippen LogP contribution in [0.15, 0.2) is 35.4 Å². The molecule has 0 fully saturated rings. The number of halogens is 1. The van der Waals surface area contributed by atoms with Crippen LogP contribution in [0.25, 0.3) is 0 Å². The van der Waals surface area contributed by atoms with Gasteiger partial charge in [0.05, 0.1) is 7.11 Å². The quantitative estimate of drug-likeness (QED) is 0.804. The molecule has 1 aromatic carbocycles. The third-order valence-electron chi connectivity index (χ3n) is 2.69. The lowest BCUT2D eigenvalue weighted by molar-refractivity contribution is 0.0946. The summed E-state index contributed by atoms with van der Waals surface area (Å²) >= 11 is 0. The van der Waals surface area contributed by atoms with Crippen molar-refractivity contribution in [2.75, 3.05) is 7.11 Å². The van der Waals surface area contributed by atoms with Gasteiger partial charge in [0.15, 0.2) is 0 Å². The number of benzene rings is 1. The molecule has 1 heterocycles. The molecule has 21 heavy (non-hydrogen) atoms. The van der Waals surface area contributed by atoms with Crippen LogP contribution in [0.3, 0.4) is 0 Å². The first kappa shape index (κ1) is 15.3. The van der Waals surface area contributed by atoms with Gasteiger partial charge in [0.25, 0.3) is 15.0 Å². The molecule has 0 atom stereocenters. The molecule has 0 saturated heterocycles. The maximum atomic E-state index is 11.7. The van der Waals surface area contributed by atoms with Crippen LogP contribution in [0.4, 0.5) is 0 Å². The van der Waals surface area contributed by atoms with Crippen LogP contribution in [0, 0.1) is 0 Å². The summed E-state index contributed by atoms with van der Waals surface area (Å²) in [5.74, 6) is -0.202. The highest BCUT2D eigenvalue weighted by Crippen LogP contribution is 2.27. The summed E-state index contributed by atoms with van der Waals surface area (Å²) < 4.78 is 27.9. The molecule has 2 aromatic rings. The number of carbonyl (C=O) groups is 1. The van der Waals surface area contributed by atoms with Gasteiger partial charge in [0.2, 0.25) is 0 Å². The molecule has 0 aliphatic carbocycles. The average Bonchev–Trinajstić information content (AvgIpc) is 2.97. The molecule has 112 valence electrons. The number of carbonyl (C=O) groups excluding carboxylic acids is 1. The van der Waals surface area contributed by atoms with Crippen LogP contribution < -0.4 is 10.1 Å². The Morgan fingerprint density at radius 2 is 2.19 bits per heavy atom. The molecule has 1 amide bonds. The van der Waals surface area contributed by atoms with Gasteiger partial charge in [-0.3, -0.25) is 9.89 Å². The van der Waals surface area contributed by atoms with Crippen molar-refractivity contribution in [3.05, 3.63) is 41.7 Å². The summed E-state index contributed by atoms with van der Waals surface area (Å²) in [5.41, 5.74) is 0.886. The highest BCUT2D eigenvalue weighted by Gasteiger charge is 2.17. The standard InChI is InChI=1S/C12H12ClN3O4S/c1-20-10-3-2-8(6-11(10)21(13,18)19)7-14-12(17)9-4-5-15-16-9/h2-6H,7H2,1H3,(H,14,17)(H,15,16). The van der Waals surface area contributed by atoms with Crippen molar-refractivity contribution < 1.29 is 17.9 Å². The molecule has 0 radical (unpaired) electrons. The van der Waals surface area contributed by atoms with Crippen LogP contribution in [0.5, 0.6) is 5.75 Å². The van der Waals surface area contributed by atoms with Crippen LogP contribution in [-0.4, -0.2) is 31.6 Å². The number of H-pyrrole nitrogens is 1. The molecular weight excluding hydrogens is 318 g/mol. The van der Waals surface area contributed by atoms with Crippen LogP contribution in [0.2, 0.25) is 0 Å². The first-order valence-electron chi connectivity index (χ1n) is 5.81. The number of amides is 1. The van der Waals surface area contributed by atoms with Crippen LogP contribution in [-0.2, 0) is 15.6 Å². The predicted molar refractivity (Wildman–Crippen MR) is 75.8 cm³/mol. The number of methoxy groups -OCH3 is 1. The number of ether oxygens (including phenoxy) is 1. The Hall–Kier alpha value is -2.06. The molecule has 0 saturated carbocycles. The molecule has 0 aliphatic heterocycles. The minimum absolute atomic E-state index is 0.139. The van der Waals surface area contributed by atoms with Gasteiger partial charge in [-0.2, -0.15) is 5.10 Å². The molecule has 0 spiro atoms. The summed E-state index contributed by atoms with van der Waals surface area (Å²) in [5, 5.41) is 8.82. The number of hydrogen-bond acceptors (Lipinski definition) is 5. The Labute approximate surface area is 125 Å². The van der Waals surface area contributed by atoms with Crippen molar-refractivity contribution in [3.8, 4) is 5.75 Å². The maximum Gasteiger partial charge on any atom is 0.269 e. The highest BCUT2D eigenvalue weighted by atomic mass is 35.7. The monoisotopic (exact) mass is 329 g/mol. The maximum absolute atomic E-state index is 11.7. The van der Waals surface area contributed by atoms with Gasteiger partial charge < -0.3 is 10.1 Å². The minimum atomic E-state index is -3.93. The number of nitrogens with one attached hydrogen (secondary N) is 2. The second kappa shape index (κ2) is 6.15. The zero-order valence-corrected chi connectivity index (χ0v) is 12.5. The smallest absolute Gasteiger partial charge is 0.269 e. The number of aromatic nitrogens is 2. The average molecular weight is 330 g/mol. The Morgan fingerprint density at radius 1 is 1.43 bits per heavy atom. The Bertz CT molecular complexity index is 744. The fraction of sp³-hybridized carbons (Fsp3) is 0.167. The number of hydrogen-bond donors (Lipinski definition) is 2. The van der Waals surface area contributed by atoms with E-state index < -0.39 is 9.05 Å². The van der Waals surface area contributed by atoms with Gasteiger partial charge in [0, 0.05) is 23.4 Å². The summed E-state index contributed by atoms with van der Waals surface area (Å²) in [4.78, 5) is 11.6. The van der Waals surface area contributed by atoms with Crippen molar-refractivity contribution >= 4 is 25.6 Å². The lowest BCUT2D eigenvalue weighted by Crippen LogP contribution is -2.23. The van der Waals surface area contributed by atoms with Gasteiger partial charge >= 0.3 is 0 Å². The molecule has 2 rings (SSSR count). The minimum Gasteiger partial charge on any atom is -0.495 e. The molecule has 2 N–H and O–H groups in total. The van der Waals surface area contributed by atoms with Crippen molar-refractivity contribution in [2.24, 2.45) is 0 Å². The number of aromatic amines is 1. The van der Waals surface area contributed by atoms with Crippen molar-refractivity contribution in [1.82, 2.24) is 15.5 Å². The fourth-order valence-corrected chi connectivity index (χ4v) is 2.73. The summed E-state index contributed by atoms with van der Waals surface area (Å²) in [6.45, 7) is 0.140. The first-order valence-corrected chi connectivity index (χ1v) is 8.12. The Balaban J connectivity index is 2.16. The van der Waals surface area contributed by atoms with E-state index in [2.05, 4.69) is 15.5 Å². The normalized spacial score (nSPS) is 11.1. The second-order valence-corrected chi connectivity index (χ2v) is 6.61. The molecule has 7 nitrogen and oxygen atoms in total. The van der Waals surface area contributed by atoms with E-state index in [1.165, 1.54) is 31.5 Å². The van der Waals surface area contributed by atoms with E-state index in [4.69, 9.17) is 15.4 Å². The highest BCUT2D eigenvalue weighted by molar-refractivity contribution is 8.13. The van der Waals surface area contributed by atoms with Gasteiger partial charge in [-0.1, -0.05) is 6.07 Å². The van der Waals surface area contributed by atoms with Crippen molar-refractivity contribution in [3.63, 3.8) is 0 Å².